The van der Waals surface area contributed by atoms with Crippen LogP contribution in [0.15, 0.2) is 27.7 Å². The van der Waals surface area contributed by atoms with Gasteiger partial charge in [0.1, 0.15) is 5.82 Å². The molecule has 24 heavy (non-hydrogen) atoms. The number of nitrogens with zero attached hydrogens (tertiary/aromatic N) is 3. The Morgan fingerprint density at radius 1 is 1.25 bits per heavy atom. The normalized spacial score (nSPS) is 11.6. The molecule has 0 aliphatic carbocycles. The van der Waals surface area contributed by atoms with Crippen LogP contribution in [0.5, 0.6) is 0 Å². The molecular formula is C17H24FN5O. The molecule has 7 heteroatoms. The molecule has 1 heterocycles. The van der Waals surface area contributed by atoms with Crippen LogP contribution < -0.4 is 10.6 Å². The summed E-state index contributed by atoms with van der Waals surface area (Å²) in [4.78, 5) is 8.65. The summed E-state index contributed by atoms with van der Waals surface area (Å²) in [6, 6.07) is 4.88. The fourth-order valence-electron chi connectivity index (χ4n) is 2.30. The first-order valence-electron chi connectivity index (χ1n) is 8.15. The van der Waals surface area contributed by atoms with Gasteiger partial charge in [-0.3, -0.25) is 4.99 Å². The Kier molecular flexibility index (Phi) is 6.72. The van der Waals surface area contributed by atoms with Crippen molar-refractivity contribution >= 4 is 5.96 Å². The standard InChI is InChI=1S/C17H24FN5O/c1-4-19-17(21-10-8-16-22-13(3)23-24-16)20-9-7-14-5-6-15(18)11-12(14)2/h5-6,11H,4,7-10H2,1-3H3,(H2,19,20,21). The number of hydrogen-bond acceptors (Lipinski definition) is 4. The fraction of sp³-hybridized carbons (Fsp3) is 0.471. The van der Waals surface area contributed by atoms with Crippen LogP contribution in [0.1, 0.15) is 29.8 Å². The smallest absolute Gasteiger partial charge is 0.228 e. The number of rotatable bonds is 7. The van der Waals surface area contributed by atoms with Crippen molar-refractivity contribution in [2.24, 2.45) is 4.99 Å². The van der Waals surface area contributed by atoms with Gasteiger partial charge in [-0.1, -0.05) is 11.2 Å². The molecule has 0 aliphatic rings. The van der Waals surface area contributed by atoms with Crippen LogP contribution in [-0.4, -0.2) is 35.7 Å². The first-order chi connectivity index (χ1) is 11.6. The molecule has 0 saturated carbocycles. The lowest BCUT2D eigenvalue weighted by Crippen LogP contribution is -2.38. The minimum absolute atomic E-state index is 0.199. The Balaban J connectivity index is 1.82. The first-order valence-corrected chi connectivity index (χ1v) is 8.15. The van der Waals surface area contributed by atoms with Gasteiger partial charge in [-0.25, -0.2) is 4.39 Å². The third-order valence-electron chi connectivity index (χ3n) is 3.50. The topological polar surface area (TPSA) is 75.3 Å². The molecule has 0 fully saturated rings. The van der Waals surface area contributed by atoms with Crippen molar-refractivity contribution in [3.8, 4) is 0 Å². The van der Waals surface area contributed by atoms with Crippen LogP contribution in [0.3, 0.4) is 0 Å². The average molecular weight is 333 g/mol. The van der Waals surface area contributed by atoms with E-state index in [4.69, 9.17) is 4.52 Å². The zero-order chi connectivity index (χ0) is 17.4. The number of aromatic nitrogens is 2. The third-order valence-corrected chi connectivity index (χ3v) is 3.50. The minimum atomic E-state index is -0.199. The molecule has 0 bridgehead atoms. The molecule has 1 aromatic carbocycles. The van der Waals surface area contributed by atoms with Gasteiger partial charge >= 0.3 is 0 Å². The molecule has 0 amide bonds. The molecule has 0 spiro atoms. The molecule has 0 aliphatic heterocycles. The van der Waals surface area contributed by atoms with Crippen molar-refractivity contribution < 1.29 is 8.91 Å². The van der Waals surface area contributed by atoms with Crippen LogP contribution in [0.4, 0.5) is 4.39 Å². The van der Waals surface area contributed by atoms with E-state index in [2.05, 4.69) is 25.8 Å². The van der Waals surface area contributed by atoms with E-state index in [1.54, 1.807) is 13.0 Å². The molecule has 0 atom stereocenters. The summed E-state index contributed by atoms with van der Waals surface area (Å²) in [5, 5.41) is 10.2. The Labute approximate surface area is 141 Å². The van der Waals surface area contributed by atoms with Gasteiger partial charge in [0.05, 0.1) is 6.54 Å². The van der Waals surface area contributed by atoms with Crippen LogP contribution in [0.2, 0.25) is 0 Å². The fourth-order valence-corrected chi connectivity index (χ4v) is 2.30. The molecule has 1 aromatic heterocycles. The number of nitrogens with one attached hydrogen (secondary N) is 2. The zero-order valence-corrected chi connectivity index (χ0v) is 14.4. The largest absolute Gasteiger partial charge is 0.357 e. The van der Waals surface area contributed by atoms with Crippen molar-refractivity contribution in [2.45, 2.75) is 33.6 Å². The highest BCUT2D eigenvalue weighted by atomic mass is 19.1. The predicted molar refractivity (Wildman–Crippen MR) is 91.6 cm³/mol. The van der Waals surface area contributed by atoms with Gasteiger partial charge in [0.2, 0.25) is 5.89 Å². The van der Waals surface area contributed by atoms with E-state index in [1.807, 2.05) is 19.9 Å². The van der Waals surface area contributed by atoms with Gasteiger partial charge in [0, 0.05) is 19.5 Å². The van der Waals surface area contributed by atoms with Gasteiger partial charge < -0.3 is 15.2 Å². The molecule has 0 saturated heterocycles. The summed E-state index contributed by atoms with van der Waals surface area (Å²) in [7, 11) is 0. The van der Waals surface area contributed by atoms with E-state index in [9.17, 15) is 4.39 Å². The van der Waals surface area contributed by atoms with Gasteiger partial charge in [-0.15, -0.1) is 0 Å². The SMILES string of the molecule is CCNC(=NCCc1nc(C)no1)NCCc1ccc(F)cc1C. The second-order valence-electron chi connectivity index (χ2n) is 5.49. The zero-order valence-electron chi connectivity index (χ0n) is 14.4. The van der Waals surface area contributed by atoms with E-state index in [0.29, 0.717) is 24.7 Å². The number of aryl methyl sites for hydroxylation is 2. The monoisotopic (exact) mass is 333 g/mol. The molecule has 130 valence electrons. The summed E-state index contributed by atoms with van der Waals surface area (Å²) in [6.07, 6.45) is 1.41. The second kappa shape index (κ2) is 9.00. The quantitative estimate of drug-likeness (QED) is 0.600. The van der Waals surface area contributed by atoms with Gasteiger partial charge in [-0.2, -0.15) is 4.98 Å². The second-order valence-corrected chi connectivity index (χ2v) is 5.49. The van der Waals surface area contributed by atoms with Crippen LogP contribution in [-0.2, 0) is 12.8 Å². The predicted octanol–water partition coefficient (Wildman–Crippen LogP) is 2.17. The van der Waals surface area contributed by atoms with E-state index < -0.39 is 0 Å². The highest BCUT2D eigenvalue weighted by molar-refractivity contribution is 5.79. The highest BCUT2D eigenvalue weighted by Crippen LogP contribution is 2.10. The highest BCUT2D eigenvalue weighted by Gasteiger charge is 2.04. The van der Waals surface area contributed by atoms with Gasteiger partial charge in [0.15, 0.2) is 11.8 Å². The Bertz CT molecular complexity index is 683. The van der Waals surface area contributed by atoms with Crippen molar-refractivity contribution in [3.05, 3.63) is 46.9 Å². The van der Waals surface area contributed by atoms with E-state index in [-0.39, 0.29) is 5.82 Å². The maximum atomic E-state index is 13.1. The Morgan fingerprint density at radius 3 is 2.75 bits per heavy atom. The molecule has 6 nitrogen and oxygen atoms in total. The minimum Gasteiger partial charge on any atom is -0.357 e. The molecule has 2 N–H and O–H groups in total. The maximum absolute atomic E-state index is 13.1. The maximum Gasteiger partial charge on any atom is 0.228 e. The molecule has 2 aromatic rings. The lowest BCUT2D eigenvalue weighted by atomic mass is 10.1. The summed E-state index contributed by atoms with van der Waals surface area (Å²) < 4.78 is 18.2. The average Bonchev–Trinajstić information content (AvgIpc) is 2.95. The lowest BCUT2D eigenvalue weighted by molar-refractivity contribution is 0.376. The summed E-state index contributed by atoms with van der Waals surface area (Å²) >= 11 is 0. The van der Waals surface area contributed by atoms with Crippen molar-refractivity contribution in [1.29, 1.82) is 0 Å². The van der Waals surface area contributed by atoms with Crippen molar-refractivity contribution in [3.63, 3.8) is 0 Å². The summed E-state index contributed by atoms with van der Waals surface area (Å²) in [5.74, 6) is 1.77. The van der Waals surface area contributed by atoms with E-state index in [1.165, 1.54) is 6.07 Å². The Hall–Kier alpha value is -2.44. The first kappa shape index (κ1) is 17.9. The van der Waals surface area contributed by atoms with E-state index >= 15 is 0 Å². The number of guanidine groups is 1. The van der Waals surface area contributed by atoms with Crippen LogP contribution >= 0.6 is 0 Å². The van der Waals surface area contributed by atoms with Crippen molar-refractivity contribution in [2.75, 3.05) is 19.6 Å². The number of hydrogen-bond donors (Lipinski definition) is 2. The van der Waals surface area contributed by atoms with E-state index in [0.717, 1.165) is 36.6 Å². The summed E-state index contributed by atoms with van der Waals surface area (Å²) in [5.41, 5.74) is 2.09. The van der Waals surface area contributed by atoms with Gasteiger partial charge in [-0.05, 0) is 50.5 Å². The van der Waals surface area contributed by atoms with Gasteiger partial charge in [0.25, 0.3) is 0 Å². The number of aliphatic imine (C=N–C) groups is 1. The number of halogens is 1. The van der Waals surface area contributed by atoms with Crippen molar-refractivity contribution in [1.82, 2.24) is 20.8 Å². The molecular weight excluding hydrogens is 309 g/mol. The Morgan fingerprint density at radius 2 is 2.08 bits per heavy atom. The third kappa shape index (κ3) is 5.64. The lowest BCUT2D eigenvalue weighted by Gasteiger charge is -2.12. The number of benzene rings is 1. The summed E-state index contributed by atoms with van der Waals surface area (Å²) in [6.45, 7) is 7.79. The molecule has 0 unspecified atom stereocenters. The van der Waals surface area contributed by atoms with Crippen LogP contribution in [0, 0.1) is 19.7 Å². The molecule has 0 radical (unpaired) electrons. The molecule has 2 rings (SSSR count). The van der Waals surface area contributed by atoms with Crippen LogP contribution in [0.25, 0.3) is 0 Å².